The van der Waals surface area contributed by atoms with E-state index in [1.165, 1.54) is 32.1 Å². The Hall–Kier alpha value is -0.370. The van der Waals surface area contributed by atoms with Gasteiger partial charge < -0.3 is 5.11 Å². The van der Waals surface area contributed by atoms with Crippen LogP contribution in [0.25, 0.3) is 0 Å². The van der Waals surface area contributed by atoms with E-state index in [1.54, 1.807) is 0 Å². The molecular weight excluding hydrogens is 162 g/mol. The van der Waals surface area contributed by atoms with E-state index in [9.17, 15) is 5.11 Å². The molecule has 0 aromatic rings. The number of hydrogen-bond acceptors (Lipinski definition) is 2. The van der Waals surface area contributed by atoms with Gasteiger partial charge in [-0.1, -0.05) is 19.3 Å². The molecule has 0 aliphatic heterocycles. The molecule has 1 atom stereocenters. The van der Waals surface area contributed by atoms with Gasteiger partial charge in [0.05, 0.1) is 6.10 Å². The summed E-state index contributed by atoms with van der Waals surface area (Å²) in [5, 5.41) is 9.17. The standard InChI is InChI=1S/C11H21NO/c1-9(8-10(2)13)12-11-6-4-3-5-7-11/h10-11,13H,3-8H2,1-2H3. The Kier molecular flexibility index (Phi) is 4.43. The van der Waals surface area contributed by atoms with Gasteiger partial charge in [0.1, 0.15) is 0 Å². The molecule has 76 valence electrons. The molecule has 0 aromatic heterocycles. The summed E-state index contributed by atoms with van der Waals surface area (Å²) in [7, 11) is 0. The third kappa shape index (κ3) is 4.41. The van der Waals surface area contributed by atoms with Crippen molar-refractivity contribution >= 4 is 5.71 Å². The molecule has 1 saturated carbocycles. The zero-order valence-corrected chi connectivity index (χ0v) is 8.79. The maximum Gasteiger partial charge on any atom is 0.0564 e. The van der Waals surface area contributed by atoms with E-state index < -0.39 is 0 Å². The zero-order valence-electron chi connectivity index (χ0n) is 8.79. The molecule has 2 nitrogen and oxygen atoms in total. The number of aliphatic imine (C=N–C) groups is 1. The second-order valence-electron chi connectivity index (χ2n) is 4.21. The lowest BCUT2D eigenvalue weighted by Gasteiger charge is -2.18. The highest BCUT2D eigenvalue weighted by Gasteiger charge is 2.12. The first-order valence-electron chi connectivity index (χ1n) is 5.40. The van der Waals surface area contributed by atoms with E-state index in [4.69, 9.17) is 0 Å². The molecule has 1 rings (SSSR count). The molecule has 0 radical (unpaired) electrons. The minimum atomic E-state index is -0.243. The second-order valence-corrected chi connectivity index (χ2v) is 4.21. The van der Waals surface area contributed by atoms with E-state index in [1.807, 2.05) is 13.8 Å². The first kappa shape index (κ1) is 10.7. The number of rotatable bonds is 3. The summed E-state index contributed by atoms with van der Waals surface area (Å²) in [5.74, 6) is 0. The van der Waals surface area contributed by atoms with Crippen LogP contribution in [0.1, 0.15) is 52.4 Å². The van der Waals surface area contributed by atoms with Crippen LogP contribution in [0.5, 0.6) is 0 Å². The summed E-state index contributed by atoms with van der Waals surface area (Å²) in [6, 6.07) is 0.549. The fourth-order valence-electron chi connectivity index (χ4n) is 2.00. The highest BCUT2D eigenvalue weighted by molar-refractivity contribution is 5.82. The van der Waals surface area contributed by atoms with Crippen molar-refractivity contribution in [2.24, 2.45) is 4.99 Å². The molecule has 1 unspecified atom stereocenters. The minimum Gasteiger partial charge on any atom is -0.393 e. The predicted molar refractivity (Wildman–Crippen MR) is 56.3 cm³/mol. The SMILES string of the molecule is CC(CC(C)O)=NC1CCCCC1. The Morgan fingerprint density at radius 2 is 2.00 bits per heavy atom. The van der Waals surface area contributed by atoms with Crippen molar-refractivity contribution < 1.29 is 5.11 Å². The number of nitrogens with zero attached hydrogens (tertiary/aromatic N) is 1. The fourth-order valence-corrected chi connectivity index (χ4v) is 2.00. The van der Waals surface area contributed by atoms with Crippen LogP contribution in [0, 0.1) is 0 Å². The van der Waals surface area contributed by atoms with Gasteiger partial charge in [0.25, 0.3) is 0 Å². The lowest BCUT2D eigenvalue weighted by Crippen LogP contribution is -2.14. The first-order valence-corrected chi connectivity index (χ1v) is 5.40. The fraction of sp³-hybridized carbons (Fsp3) is 0.909. The van der Waals surface area contributed by atoms with Crippen LogP contribution >= 0.6 is 0 Å². The van der Waals surface area contributed by atoms with E-state index >= 15 is 0 Å². The molecule has 2 heteroatoms. The summed E-state index contributed by atoms with van der Waals surface area (Å²) in [4.78, 5) is 4.63. The van der Waals surface area contributed by atoms with Crippen molar-refractivity contribution in [1.29, 1.82) is 0 Å². The van der Waals surface area contributed by atoms with Crippen molar-refractivity contribution in [1.82, 2.24) is 0 Å². The highest BCUT2D eigenvalue weighted by atomic mass is 16.3. The average Bonchev–Trinajstić information content (AvgIpc) is 2.04. The third-order valence-corrected chi connectivity index (χ3v) is 2.57. The van der Waals surface area contributed by atoms with Crippen LogP contribution in [0.4, 0.5) is 0 Å². The Bertz CT molecular complexity index is 169. The van der Waals surface area contributed by atoms with Gasteiger partial charge in [-0.3, -0.25) is 4.99 Å². The summed E-state index contributed by atoms with van der Waals surface area (Å²) in [5.41, 5.74) is 1.11. The van der Waals surface area contributed by atoms with Crippen molar-refractivity contribution in [3.8, 4) is 0 Å². The van der Waals surface area contributed by atoms with Gasteiger partial charge in [-0.25, -0.2) is 0 Å². The summed E-state index contributed by atoms with van der Waals surface area (Å²) in [6.07, 6.45) is 7.02. The molecule has 0 spiro atoms. The van der Waals surface area contributed by atoms with Crippen LogP contribution in [0.2, 0.25) is 0 Å². The summed E-state index contributed by atoms with van der Waals surface area (Å²) < 4.78 is 0. The van der Waals surface area contributed by atoms with Gasteiger partial charge in [0, 0.05) is 18.2 Å². The van der Waals surface area contributed by atoms with Crippen molar-refractivity contribution in [3.05, 3.63) is 0 Å². The molecule has 1 N–H and O–H groups in total. The molecule has 0 bridgehead atoms. The molecule has 13 heavy (non-hydrogen) atoms. The molecule has 1 aliphatic carbocycles. The second kappa shape index (κ2) is 5.38. The van der Waals surface area contributed by atoms with E-state index in [0.717, 1.165) is 12.1 Å². The van der Waals surface area contributed by atoms with Gasteiger partial charge >= 0.3 is 0 Å². The quantitative estimate of drug-likeness (QED) is 0.670. The number of aliphatic hydroxyl groups is 1. The van der Waals surface area contributed by atoms with E-state index in [2.05, 4.69) is 4.99 Å². The van der Waals surface area contributed by atoms with E-state index in [-0.39, 0.29) is 6.10 Å². The largest absolute Gasteiger partial charge is 0.393 e. The van der Waals surface area contributed by atoms with Gasteiger partial charge in [-0.05, 0) is 26.7 Å². The minimum absolute atomic E-state index is 0.243. The first-order chi connectivity index (χ1) is 6.18. The van der Waals surface area contributed by atoms with E-state index in [0.29, 0.717) is 6.04 Å². The summed E-state index contributed by atoms with van der Waals surface area (Å²) >= 11 is 0. The van der Waals surface area contributed by atoms with Gasteiger partial charge in [-0.15, -0.1) is 0 Å². The molecule has 0 saturated heterocycles. The lowest BCUT2D eigenvalue weighted by molar-refractivity contribution is 0.203. The lowest BCUT2D eigenvalue weighted by atomic mass is 9.96. The number of aliphatic hydroxyl groups excluding tert-OH is 1. The Labute approximate surface area is 81.1 Å². The van der Waals surface area contributed by atoms with Crippen LogP contribution < -0.4 is 0 Å². The summed E-state index contributed by atoms with van der Waals surface area (Å²) in [6.45, 7) is 3.85. The number of hydrogen-bond donors (Lipinski definition) is 1. The van der Waals surface area contributed by atoms with Crippen molar-refractivity contribution in [2.75, 3.05) is 0 Å². The third-order valence-electron chi connectivity index (χ3n) is 2.57. The maximum absolute atomic E-state index is 9.17. The Morgan fingerprint density at radius 3 is 2.54 bits per heavy atom. The maximum atomic E-state index is 9.17. The Balaban J connectivity index is 2.34. The molecule has 0 amide bonds. The zero-order chi connectivity index (χ0) is 9.68. The molecule has 0 aromatic carbocycles. The monoisotopic (exact) mass is 183 g/mol. The predicted octanol–water partition coefficient (Wildman–Crippen LogP) is 2.55. The highest BCUT2D eigenvalue weighted by Crippen LogP contribution is 2.20. The van der Waals surface area contributed by atoms with Crippen LogP contribution in [0.15, 0.2) is 4.99 Å². The van der Waals surface area contributed by atoms with Crippen LogP contribution in [-0.4, -0.2) is 23.0 Å². The normalized spacial score (nSPS) is 23.2. The topological polar surface area (TPSA) is 32.6 Å². The smallest absolute Gasteiger partial charge is 0.0564 e. The Morgan fingerprint density at radius 1 is 1.38 bits per heavy atom. The molecule has 1 fully saturated rings. The van der Waals surface area contributed by atoms with Crippen LogP contribution in [0.3, 0.4) is 0 Å². The van der Waals surface area contributed by atoms with Gasteiger partial charge in [-0.2, -0.15) is 0 Å². The molecular formula is C11H21NO. The van der Waals surface area contributed by atoms with Gasteiger partial charge in [0.2, 0.25) is 0 Å². The molecule has 1 aliphatic rings. The van der Waals surface area contributed by atoms with Crippen molar-refractivity contribution in [3.63, 3.8) is 0 Å². The molecule has 0 heterocycles. The average molecular weight is 183 g/mol. The van der Waals surface area contributed by atoms with Gasteiger partial charge in [0.15, 0.2) is 0 Å². The van der Waals surface area contributed by atoms with Crippen LogP contribution in [-0.2, 0) is 0 Å². The van der Waals surface area contributed by atoms with Crippen molar-refractivity contribution in [2.45, 2.75) is 64.5 Å².